The Labute approximate surface area is 189 Å². The van der Waals surface area contributed by atoms with Crippen LogP contribution in [0.4, 0.5) is 0 Å². The first-order valence-corrected chi connectivity index (χ1v) is 11.0. The zero-order valence-electron chi connectivity index (χ0n) is 19.6. The summed E-state index contributed by atoms with van der Waals surface area (Å²) < 4.78 is 8.30. The number of rotatable bonds is 8. The quantitative estimate of drug-likeness (QED) is 0.413. The van der Waals surface area contributed by atoms with Crippen LogP contribution in [0.5, 0.6) is 0 Å². The lowest BCUT2D eigenvalue weighted by atomic mass is 10.1. The first-order valence-electron chi connectivity index (χ1n) is 11.0. The number of nitrogens with zero attached hydrogens (tertiary/aromatic N) is 6. The van der Waals surface area contributed by atoms with E-state index in [0.29, 0.717) is 0 Å². The molecular weight excluding hydrogens is 400 g/mol. The van der Waals surface area contributed by atoms with E-state index in [0.717, 1.165) is 42.2 Å². The van der Waals surface area contributed by atoms with Crippen molar-refractivity contribution in [1.29, 1.82) is 0 Å². The van der Waals surface area contributed by atoms with Gasteiger partial charge < -0.3 is 9.32 Å². The molecule has 32 heavy (non-hydrogen) atoms. The molecule has 0 radical (unpaired) electrons. The molecule has 0 aliphatic heterocycles. The zero-order chi connectivity index (χ0) is 22.7. The van der Waals surface area contributed by atoms with Crippen LogP contribution in [0.25, 0.3) is 11.0 Å². The van der Waals surface area contributed by atoms with Crippen LogP contribution in [-0.2, 0) is 12.1 Å². The van der Waals surface area contributed by atoms with Crippen molar-refractivity contribution in [1.82, 2.24) is 30.0 Å². The fraction of sp³-hybridized carbons (Fsp3) is 0.400. The largest absolute Gasteiger partial charge is 0.459 e. The van der Waals surface area contributed by atoms with Crippen molar-refractivity contribution in [3.05, 3.63) is 77.8 Å². The Kier molecular flexibility index (Phi) is 6.39. The fourth-order valence-corrected chi connectivity index (χ4v) is 3.90. The summed E-state index contributed by atoms with van der Waals surface area (Å²) in [7, 11) is 4.19. The Morgan fingerprint density at radius 2 is 1.69 bits per heavy atom. The summed E-state index contributed by atoms with van der Waals surface area (Å²) in [5.74, 6) is 1.63. The second kappa shape index (κ2) is 9.22. The fourth-order valence-electron chi connectivity index (χ4n) is 3.90. The van der Waals surface area contributed by atoms with Gasteiger partial charge >= 0.3 is 0 Å². The molecule has 0 N–H and O–H groups in total. The van der Waals surface area contributed by atoms with E-state index in [1.54, 1.807) is 0 Å². The van der Waals surface area contributed by atoms with Crippen molar-refractivity contribution in [2.45, 2.75) is 38.9 Å². The molecule has 0 bridgehead atoms. The van der Waals surface area contributed by atoms with Crippen molar-refractivity contribution in [3.8, 4) is 0 Å². The summed E-state index contributed by atoms with van der Waals surface area (Å²) in [6.45, 7) is 8.84. The number of aromatic nitrogens is 4. The first-order chi connectivity index (χ1) is 15.3. The lowest BCUT2D eigenvalue weighted by molar-refractivity contribution is 0.161. The maximum Gasteiger partial charge on any atom is 0.176 e. The van der Waals surface area contributed by atoms with E-state index in [1.807, 2.05) is 28.9 Å². The van der Waals surface area contributed by atoms with Crippen LogP contribution in [0.3, 0.4) is 0 Å². The molecule has 4 rings (SSSR count). The van der Waals surface area contributed by atoms with Crippen LogP contribution >= 0.6 is 0 Å². The summed E-state index contributed by atoms with van der Waals surface area (Å²) in [6.07, 6.45) is 0. The van der Waals surface area contributed by atoms with Gasteiger partial charge in [0, 0.05) is 25.0 Å². The third-order valence-electron chi connectivity index (χ3n) is 5.52. The van der Waals surface area contributed by atoms with Crippen molar-refractivity contribution in [2.75, 3.05) is 27.2 Å². The summed E-state index contributed by atoms with van der Waals surface area (Å²) in [6, 6.07) is 20.5. The number of furan rings is 1. The number of tetrazole rings is 1. The van der Waals surface area contributed by atoms with Crippen molar-refractivity contribution < 1.29 is 4.42 Å². The van der Waals surface area contributed by atoms with Gasteiger partial charge in [0.1, 0.15) is 17.4 Å². The summed E-state index contributed by atoms with van der Waals surface area (Å²) in [5.41, 5.74) is 1.85. The Bertz CT molecular complexity index is 1110. The minimum Gasteiger partial charge on any atom is -0.459 e. The van der Waals surface area contributed by atoms with E-state index in [-0.39, 0.29) is 11.6 Å². The Balaban J connectivity index is 1.84. The van der Waals surface area contributed by atoms with Gasteiger partial charge in [-0.25, -0.2) is 4.68 Å². The molecule has 0 aliphatic rings. The molecule has 1 unspecified atom stereocenters. The smallest absolute Gasteiger partial charge is 0.176 e. The molecule has 1 atom stereocenters. The number of hydrogen-bond acceptors (Lipinski definition) is 6. The third-order valence-corrected chi connectivity index (χ3v) is 5.52. The van der Waals surface area contributed by atoms with Gasteiger partial charge in [0.15, 0.2) is 5.82 Å². The highest BCUT2D eigenvalue weighted by molar-refractivity contribution is 5.77. The molecule has 2 heterocycles. The molecule has 2 aromatic carbocycles. The molecule has 0 aliphatic carbocycles. The Morgan fingerprint density at radius 1 is 0.969 bits per heavy atom. The molecule has 7 nitrogen and oxygen atoms in total. The van der Waals surface area contributed by atoms with Crippen LogP contribution in [-0.4, -0.2) is 57.2 Å². The number of benzene rings is 2. The van der Waals surface area contributed by atoms with Gasteiger partial charge in [-0.2, -0.15) is 0 Å². The molecule has 0 saturated heterocycles. The molecule has 7 heteroatoms. The minimum atomic E-state index is -0.261. The second-order valence-corrected chi connectivity index (χ2v) is 9.47. The van der Waals surface area contributed by atoms with E-state index in [1.165, 1.54) is 5.56 Å². The normalized spacial score (nSPS) is 13.3. The SMILES string of the molecule is CN(C)CCN(Cc1ccccc1)C(c1cc2ccccc2o1)c1nnnn1C(C)(C)C. The highest BCUT2D eigenvalue weighted by Gasteiger charge is 2.33. The minimum absolute atomic E-state index is 0.225. The maximum absolute atomic E-state index is 6.38. The monoisotopic (exact) mass is 432 g/mol. The molecule has 0 fully saturated rings. The van der Waals surface area contributed by atoms with E-state index in [4.69, 9.17) is 4.42 Å². The van der Waals surface area contributed by atoms with Gasteiger partial charge in [0.25, 0.3) is 0 Å². The molecule has 2 aromatic heterocycles. The number of hydrogen-bond donors (Lipinski definition) is 0. The van der Waals surface area contributed by atoms with E-state index < -0.39 is 0 Å². The number of likely N-dealkylation sites (N-methyl/N-ethyl adjacent to an activating group) is 1. The average Bonchev–Trinajstić information content (AvgIpc) is 3.40. The molecule has 0 spiro atoms. The van der Waals surface area contributed by atoms with E-state index in [9.17, 15) is 0 Å². The van der Waals surface area contributed by atoms with Gasteiger partial charge in [-0.05, 0) is 63.0 Å². The van der Waals surface area contributed by atoms with Crippen molar-refractivity contribution in [2.24, 2.45) is 0 Å². The highest BCUT2D eigenvalue weighted by Crippen LogP contribution is 2.34. The maximum atomic E-state index is 6.38. The summed E-state index contributed by atoms with van der Waals surface area (Å²) >= 11 is 0. The highest BCUT2D eigenvalue weighted by atomic mass is 16.3. The van der Waals surface area contributed by atoms with Gasteiger partial charge in [0.05, 0.1) is 5.54 Å². The third kappa shape index (κ3) is 4.89. The van der Waals surface area contributed by atoms with Crippen molar-refractivity contribution in [3.63, 3.8) is 0 Å². The predicted octanol–water partition coefficient (Wildman–Crippen LogP) is 4.33. The Morgan fingerprint density at radius 3 is 2.38 bits per heavy atom. The van der Waals surface area contributed by atoms with Crippen LogP contribution < -0.4 is 0 Å². The standard InChI is InChI=1S/C25H32N6O/c1-25(2,3)31-24(26-27-28-31)23(22-17-20-13-9-10-14-21(20)32-22)30(16-15-29(4)5)18-19-11-7-6-8-12-19/h6-14,17,23H,15-16,18H2,1-5H3. The molecule has 4 aromatic rings. The van der Waals surface area contributed by atoms with Crippen LogP contribution in [0.2, 0.25) is 0 Å². The zero-order valence-corrected chi connectivity index (χ0v) is 19.6. The van der Waals surface area contributed by atoms with Gasteiger partial charge in [-0.15, -0.1) is 5.10 Å². The van der Waals surface area contributed by atoms with Crippen LogP contribution in [0.1, 0.15) is 44.0 Å². The molecule has 0 saturated carbocycles. The van der Waals surface area contributed by atoms with Gasteiger partial charge in [-0.3, -0.25) is 4.90 Å². The van der Waals surface area contributed by atoms with Crippen LogP contribution in [0, 0.1) is 0 Å². The van der Waals surface area contributed by atoms with E-state index >= 15 is 0 Å². The topological polar surface area (TPSA) is 63.2 Å². The van der Waals surface area contributed by atoms with Crippen molar-refractivity contribution >= 4 is 11.0 Å². The summed E-state index contributed by atoms with van der Waals surface area (Å²) in [5, 5.41) is 14.0. The van der Waals surface area contributed by atoms with E-state index in [2.05, 4.69) is 96.6 Å². The first kappa shape index (κ1) is 22.2. The van der Waals surface area contributed by atoms with Gasteiger partial charge in [-0.1, -0.05) is 48.5 Å². The second-order valence-electron chi connectivity index (χ2n) is 9.47. The lowest BCUT2D eigenvalue weighted by Gasteiger charge is -2.32. The predicted molar refractivity (Wildman–Crippen MR) is 126 cm³/mol. The molecule has 168 valence electrons. The number of fused-ring (bicyclic) bond motifs is 1. The molecular formula is C25H32N6O. The lowest BCUT2D eigenvalue weighted by Crippen LogP contribution is -2.38. The number of para-hydroxylation sites is 1. The summed E-state index contributed by atoms with van der Waals surface area (Å²) in [4.78, 5) is 4.60. The van der Waals surface area contributed by atoms with Crippen LogP contribution in [0.15, 0.2) is 65.1 Å². The van der Waals surface area contributed by atoms with Gasteiger partial charge in [0.2, 0.25) is 0 Å². The Hall–Kier alpha value is -3.03. The molecule has 0 amide bonds. The average molecular weight is 433 g/mol.